The third-order valence-corrected chi connectivity index (χ3v) is 4.26. The fourth-order valence-corrected chi connectivity index (χ4v) is 3.16. The Balaban J connectivity index is 1.83. The third-order valence-electron chi connectivity index (χ3n) is 4.26. The standard InChI is InChI=1S/C14H16F2N2O2/c15-10-6-11(16)13(5-9(10)14(19)20)17-12-2-4-18-3-1-8(12)7-18/h5-6,8,12,17H,1-4,7H2,(H,19,20). The van der Waals surface area contributed by atoms with Crippen LogP contribution in [0.1, 0.15) is 23.2 Å². The molecule has 6 heteroatoms. The minimum atomic E-state index is -1.39. The van der Waals surface area contributed by atoms with Crippen LogP contribution in [-0.4, -0.2) is 41.7 Å². The van der Waals surface area contributed by atoms with Crippen molar-refractivity contribution in [2.75, 3.05) is 25.0 Å². The monoisotopic (exact) mass is 282 g/mol. The summed E-state index contributed by atoms with van der Waals surface area (Å²) in [5.74, 6) is -2.73. The molecule has 0 amide bonds. The Hall–Kier alpha value is -1.69. The van der Waals surface area contributed by atoms with Crippen LogP contribution in [0.25, 0.3) is 0 Å². The first kappa shape index (κ1) is 13.3. The second-order valence-electron chi connectivity index (χ2n) is 5.51. The van der Waals surface area contributed by atoms with Crippen molar-refractivity contribution in [3.8, 4) is 0 Å². The average Bonchev–Trinajstić information content (AvgIpc) is 2.78. The van der Waals surface area contributed by atoms with E-state index in [1.54, 1.807) is 0 Å². The second-order valence-corrected chi connectivity index (χ2v) is 5.51. The molecular formula is C14H16F2N2O2. The zero-order valence-electron chi connectivity index (χ0n) is 10.9. The largest absolute Gasteiger partial charge is 0.478 e. The number of rotatable bonds is 3. The number of fused-ring (bicyclic) bond motifs is 2. The Morgan fingerprint density at radius 1 is 1.25 bits per heavy atom. The van der Waals surface area contributed by atoms with E-state index in [1.165, 1.54) is 0 Å². The molecule has 0 radical (unpaired) electrons. The predicted octanol–water partition coefficient (Wildman–Crippen LogP) is 2.17. The Labute approximate surface area is 115 Å². The highest BCUT2D eigenvalue weighted by Crippen LogP contribution is 2.30. The maximum absolute atomic E-state index is 13.8. The molecule has 3 atom stereocenters. The lowest BCUT2D eigenvalue weighted by molar-refractivity contribution is 0.0692. The average molecular weight is 282 g/mol. The van der Waals surface area contributed by atoms with Crippen LogP contribution in [-0.2, 0) is 0 Å². The molecule has 4 nitrogen and oxygen atoms in total. The first-order chi connectivity index (χ1) is 9.54. The van der Waals surface area contributed by atoms with Crippen molar-refractivity contribution in [3.63, 3.8) is 0 Å². The van der Waals surface area contributed by atoms with Gasteiger partial charge in [0, 0.05) is 25.2 Å². The number of carboxylic acids is 1. The number of hydrogen-bond acceptors (Lipinski definition) is 3. The minimum absolute atomic E-state index is 0.0779. The molecule has 2 N–H and O–H groups in total. The molecule has 2 aliphatic heterocycles. The number of piperidine rings is 1. The number of nitrogens with zero attached hydrogens (tertiary/aromatic N) is 1. The predicted molar refractivity (Wildman–Crippen MR) is 69.9 cm³/mol. The maximum Gasteiger partial charge on any atom is 0.338 e. The number of nitrogens with one attached hydrogen (secondary N) is 1. The van der Waals surface area contributed by atoms with Crippen molar-refractivity contribution >= 4 is 11.7 Å². The summed E-state index contributed by atoms with van der Waals surface area (Å²) >= 11 is 0. The van der Waals surface area contributed by atoms with Gasteiger partial charge in [0.05, 0.1) is 11.3 Å². The van der Waals surface area contributed by atoms with E-state index in [4.69, 9.17) is 5.11 Å². The van der Waals surface area contributed by atoms with E-state index in [-0.39, 0.29) is 11.7 Å². The van der Waals surface area contributed by atoms with Gasteiger partial charge in [-0.15, -0.1) is 0 Å². The van der Waals surface area contributed by atoms with Gasteiger partial charge in [0.1, 0.15) is 11.6 Å². The van der Waals surface area contributed by atoms with Gasteiger partial charge in [-0.2, -0.15) is 0 Å². The molecule has 0 aromatic heterocycles. The Bertz CT molecular complexity index is 550. The molecule has 108 valence electrons. The highest BCUT2D eigenvalue weighted by atomic mass is 19.1. The van der Waals surface area contributed by atoms with Crippen molar-refractivity contribution in [1.29, 1.82) is 0 Å². The van der Waals surface area contributed by atoms with Crippen LogP contribution in [0, 0.1) is 17.6 Å². The molecule has 2 bridgehead atoms. The fourth-order valence-electron chi connectivity index (χ4n) is 3.16. The summed E-state index contributed by atoms with van der Waals surface area (Å²) < 4.78 is 27.1. The number of anilines is 1. The zero-order valence-corrected chi connectivity index (χ0v) is 10.9. The van der Waals surface area contributed by atoms with E-state index in [0.717, 1.165) is 38.5 Å². The molecule has 3 rings (SSSR count). The summed E-state index contributed by atoms with van der Waals surface area (Å²) in [7, 11) is 0. The van der Waals surface area contributed by atoms with Crippen molar-refractivity contribution in [2.45, 2.75) is 18.9 Å². The highest BCUT2D eigenvalue weighted by molar-refractivity contribution is 5.89. The second kappa shape index (κ2) is 5.01. The van der Waals surface area contributed by atoms with Crippen LogP contribution in [0.5, 0.6) is 0 Å². The number of halogens is 2. The summed E-state index contributed by atoms with van der Waals surface area (Å²) in [6, 6.07) is 1.81. The van der Waals surface area contributed by atoms with Crippen LogP contribution in [0.2, 0.25) is 0 Å². The lowest BCUT2D eigenvalue weighted by Crippen LogP contribution is -2.39. The lowest BCUT2D eigenvalue weighted by Gasteiger charge is -2.31. The van der Waals surface area contributed by atoms with Gasteiger partial charge in [0.25, 0.3) is 0 Å². The van der Waals surface area contributed by atoms with E-state index in [9.17, 15) is 13.6 Å². The Morgan fingerprint density at radius 3 is 2.75 bits per heavy atom. The van der Waals surface area contributed by atoms with E-state index >= 15 is 0 Å². The molecule has 3 unspecified atom stereocenters. The molecule has 0 saturated carbocycles. The van der Waals surface area contributed by atoms with E-state index < -0.39 is 23.2 Å². The fraction of sp³-hybridized carbons (Fsp3) is 0.500. The van der Waals surface area contributed by atoms with Gasteiger partial charge >= 0.3 is 5.97 Å². The van der Waals surface area contributed by atoms with Crippen LogP contribution < -0.4 is 5.32 Å². The smallest absolute Gasteiger partial charge is 0.338 e. The number of benzene rings is 1. The first-order valence-corrected chi connectivity index (χ1v) is 6.76. The molecule has 1 aromatic carbocycles. The summed E-state index contributed by atoms with van der Waals surface area (Å²) in [4.78, 5) is 13.3. The zero-order chi connectivity index (χ0) is 14.3. The van der Waals surface area contributed by atoms with Gasteiger partial charge in [-0.1, -0.05) is 0 Å². The molecular weight excluding hydrogens is 266 g/mol. The van der Waals surface area contributed by atoms with Crippen molar-refractivity contribution < 1.29 is 18.7 Å². The summed E-state index contributed by atoms with van der Waals surface area (Å²) in [6.45, 7) is 3.02. The topological polar surface area (TPSA) is 52.6 Å². The SMILES string of the molecule is O=C(O)c1cc(NC2CCN3CCC2C3)c(F)cc1F. The van der Waals surface area contributed by atoms with Gasteiger partial charge in [-0.05, 0) is 31.4 Å². The Kier molecular flexibility index (Phi) is 3.33. The van der Waals surface area contributed by atoms with E-state index in [2.05, 4.69) is 10.2 Å². The van der Waals surface area contributed by atoms with Crippen molar-refractivity contribution in [2.24, 2.45) is 5.92 Å². The summed E-state index contributed by atoms with van der Waals surface area (Å²) in [6.07, 6.45) is 1.95. The third kappa shape index (κ3) is 2.35. The van der Waals surface area contributed by atoms with Gasteiger partial charge in [0.15, 0.2) is 0 Å². The van der Waals surface area contributed by atoms with Crippen LogP contribution in [0.4, 0.5) is 14.5 Å². The van der Waals surface area contributed by atoms with Crippen molar-refractivity contribution in [1.82, 2.24) is 4.90 Å². The van der Waals surface area contributed by atoms with E-state index in [1.807, 2.05) is 0 Å². The van der Waals surface area contributed by atoms with Crippen molar-refractivity contribution in [3.05, 3.63) is 29.3 Å². The molecule has 2 fully saturated rings. The van der Waals surface area contributed by atoms with Gasteiger partial charge in [0.2, 0.25) is 0 Å². The van der Waals surface area contributed by atoms with Crippen LogP contribution in [0.15, 0.2) is 12.1 Å². The molecule has 0 spiro atoms. The van der Waals surface area contributed by atoms with Crippen LogP contribution in [0.3, 0.4) is 0 Å². The number of carboxylic acid groups (broad SMARTS) is 1. The molecule has 2 saturated heterocycles. The quantitative estimate of drug-likeness (QED) is 0.892. The van der Waals surface area contributed by atoms with Gasteiger partial charge in [-0.3, -0.25) is 0 Å². The van der Waals surface area contributed by atoms with Gasteiger partial charge in [-0.25, -0.2) is 13.6 Å². The summed E-state index contributed by atoms with van der Waals surface area (Å²) in [5.41, 5.74) is -0.424. The normalized spacial score (nSPS) is 28.4. The molecule has 2 heterocycles. The molecule has 20 heavy (non-hydrogen) atoms. The Morgan fingerprint density at radius 2 is 2.00 bits per heavy atom. The maximum atomic E-state index is 13.8. The highest BCUT2D eigenvalue weighted by Gasteiger charge is 2.34. The first-order valence-electron chi connectivity index (χ1n) is 6.76. The molecule has 2 aliphatic rings. The van der Waals surface area contributed by atoms with E-state index in [0.29, 0.717) is 12.0 Å². The summed E-state index contributed by atoms with van der Waals surface area (Å²) in [5, 5.41) is 12.0. The number of hydrogen-bond donors (Lipinski definition) is 2. The van der Waals surface area contributed by atoms with Crippen LogP contribution >= 0.6 is 0 Å². The minimum Gasteiger partial charge on any atom is -0.478 e. The number of carbonyl (C=O) groups is 1. The molecule has 0 aliphatic carbocycles. The number of aromatic carboxylic acids is 1. The molecule has 1 aromatic rings. The van der Waals surface area contributed by atoms with Gasteiger partial charge < -0.3 is 15.3 Å². The lowest BCUT2D eigenvalue weighted by atomic mass is 9.94.